The van der Waals surface area contributed by atoms with Crippen molar-refractivity contribution >= 4 is 11.9 Å². The van der Waals surface area contributed by atoms with Crippen molar-refractivity contribution in [1.29, 1.82) is 0 Å². The van der Waals surface area contributed by atoms with Gasteiger partial charge in [0.25, 0.3) is 0 Å². The second-order valence-corrected chi connectivity index (χ2v) is 7.55. The highest BCUT2D eigenvalue weighted by Crippen LogP contribution is 2.45. The molecule has 0 aromatic carbocycles. The normalized spacial score (nSPS) is 48.5. The van der Waals surface area contributed by atoms with Crippen molar-refractivity contribution in [2.24, 2.45) is 17.8 Å². The quantitative estimate of drug-likeness (QED) is 0.691. The molecule has 0 radical (unpaired) electrons. The molecule has 0 spiro atoms. The largest absolute Gasteiger partial charge is 0.462 e. The number of cyclic esters (lactones) is 1. The number of esters is 2. The van der Waals surface area contributed by atoms with E-state index in [0.717, 1.165) is 38.6 Å². The summed E-state index contributed by atoms with van der Waals surface area (Å²) in [6.07, 6.45) is 5.17. The van der Waals surface area contributed by atoms with Crippen LogP contribution in [-0.4, -0.2) is 47.7 Å². The summed E-state index contributed by atoms with van der Waals surface area (Å²) < 4.78 is 11.2. The number of fused-ring (bicyclic) bond motifs is 3. The van der Waals surface area contributed by atoms with E-state index in [9.17, 15) is 9.59 Å². The number of hydrogen-bond donors (Lipinski definition) is 0. The van der Waals surface area contributed by atoms with E-state index in [1.165, 1.54) is 0 Å². The summed E-state index contributed by atoms with van der Waals surface area (Å²) in [7, 11) is 0. The molecule has 5 nitrogen and oxygen atoms in total. The lowest BCUT2D eigenvalue weighted by Gasteiger charge is -2.34. The lowest BCUT2D eigenvalue weighted by Crippen LogP contribution is -2.46. The van der Waals surface area contributed by atoms with Crippen LogP contribution in [0.4, 0.5) is 0 Å². The minimum absolute atomic E-state index is 0.000554. The van der Waals surface area contributed by atoms with Crippen LogP contribution in [0.5, 0.6) is 0 Å². The van der Waals surface area contributed by atoms with Crippen molar-refractivity contribution in [3.63, 3.8) is 0 Å². The molecule has 0 aromatic heterocycles. The third-order valence-electron chi connectivity index (χ3n) is 6.29. The summed E-state index contributed by atoms with van der Waals surface area (Å²) >= 11 is 0. The van der Waals surface area contributed by atoms with Crippen LogP contribution in [0.3, 0.4) is 0 Å². The maximum Gasteiger partial charge on any atom is 0.309 e. The molecule has 22 heavy (non-hydrogen) atoms. The van der Waals surface area contributed by atoms with Gasteiger partial charge in [0, 0.05) is 18.0 Å². The van der Waals surface area contributed by atoms with Gasteiger partial charge in [0.1, 0.15) is 12.2 Å². The summed E-state index contributed by atoms with van der Waals surface area (Å²) in [6, 6.07) is 0.745. The first-order valence-corrected chi connectivity index (χ1v) is 8.73. The van der Waals surface area contributed by atoms with E-state index in [1.807, 2.05) is 13.8 Å². The zero-order valence-electron chi connectivity index (χ0n) is 13.4. The number of carbonyl (C=O) groups excluding carboxylic acids is 2. The lowest BCUT2D eigenvalue weighted by atomic mass is 9.83. The van der Waals surface area contributed by atoms with E-state index in [1.54, 1.807) is 0 Å². The van der Waals surface area contributed by atoms with Crippen LogP contribution >= 0.6 is 0 Å². The average Bonchev–Trinajstić information content (AvgIpc) is 3.07. The van der Waals surface area contributed by atoms with Gasteiger partial charge < -0.3 is 9.47 Å². The van der Waals surface area contributed by atoms with Crippen molar-refractivity contribution < 1.29 is 19.1 Å². The Morgan fingerprint density at radius 1 is 0.955 bits per heavy atom. The predicted octanol–water partition coefficient (Wildman–Crippen LogP) is 1.74. The van der Waals surface area contributed by atoms with Crippen molar-refractivity contribution in [3.05, 3.63) is 0 Å². The van der Waals surface area contributed by atoms with E-state index in [2.05, 4.69) is 4.90 Å². The first kappa shape index (κ1) is 14.5. The van der Waals surface area contributed by atoms with E-state index in [0.29, 0.717) is 18.0 Å². The van der Waals surface area contributed by atoms with Gasteiger partial charge >= 0.3 is 11.9 Å². The summed E-state index contributed by atoms with van der Waals surface area (Å²) in [6.45, 7) is 5.01. The molecule has 4 aliphatic heterocycles. The highest BCUT2D eigenvalue weighted by Gasteiger charge is 2.54. The number of carbonyl (C=O) groups is 2. The summed E-state index contributed by atoms with van der Waals surface area (Å²) in [5.74, 6) is 0.267. The molecule has 0 amide bonds. The monoisotopic (exact) mass is 307 g/mol. The molecule has 0 bridgehead atoms. The van der Waals surface area contributed by atoms with E-state index in [-0.39, 0.29) is 36.0 Å². The molecule has 0 saturated carbocycles. The SMILES string of the molecule is CC1C[C@@H](C2CC[C@H]3[C@@H]4C(CCCN23)OC(=O)[C@H]4C)OC1=O. The molecule has 0 N–H and O–H groups in total. The van der Waals surface area contributed by atoms with Crippen molar-refractivity contribution in [1.82, 2.24) is 4.90 Å². The Kier molecular flexibility index (Phi) is 3.44. The van der Waals surface area contributed by atoms with Gasteiger partial charge in [-0.1, -0.05) is 13.8 Å². The van der Waals surface area contributed by atoms with Crippen molar-refractivity contribution in [2.45, 2.75) is 70.2 Å². The summed E-state index contributed by atoms with van der Waals surface area (Å²) in [5, 5.41) is 0. The first-order chi connectivity index (χ1) is 10.6. The third-order valence-corrected chi connectivity index (χ3v) is 6.29. The highest BCUT2D eigenvalue weighted by molar-refractivity contribution is 5.75. The molecule has 4 fully saturated rings. The zero-order valence-corrected chi connectivity index (χ0v) is 13.4. The molecule has 5 heteroatoms. The van der Waals surface area contributed by atoms with Crippen LogP contribution in [0.2, 0.25) is 0 Å². The van der Waals surface area contributed by atoms with Gasteiger partial charge in [-0.05, 0) is 38.6 Å². The van der Waals surface area contributed by atoms with Crippen LogP contribution in [0.15, 0.2) is 0 Å². The van der Waals surface area contributed by atoms with Gasteiger partial charge in [-0.3, -0.25) is 14.5 Å². The van der Waals surface area contributed by atoms with Crippen LogP contribution in [-0.2, 0) is 19.1 Å². The first-order valence-electron chi connectivity index (χ1n) is 8.73. The van der Waals surface area contributed by atoms with Gasteiger partial charge in [-0.25, -0.2) is 0 Å². The standard InChI is InChI=1S/C17H25NO4/c1-9-8-14(22-16(9)19)11-5-6-12-15-10(2)17(20)21-13(15)4-3-7-18(11)12/h9-15H,3-8H2,1-2H3/t9?,10-,11?,12-,13?,14-,15+/m0/s1. The van der Waals surface area contributed by atoms with E-state index in [4.69, 9.17) is 9.47 Å². The average molecular weight is 307 g/mol. The van der Waals surface area contributed by atoms with Crippen LogP contribution < -0.4 is 0 Å². The van der Waals surface area contributed by atoms with Gasteiger partial charge in [-0.2, -0.15) is 0 Å². The number of hydrogen-bond acceptors (Lipinski definition) is 5. The predicted molar refractivity (Wildman–Crippen MR) is 78.9 cm³/mol. The van der Waals surface area contributed by atoms with Gasteiger partial charge in [-0.15, -0.1) is 0 Å². The minimum atomic E-state index is -0.0473. The molecule has 3 unspecified atom stereocenters. The second-order valence-electron chi connectivity index (χ2n) is 7.55. The summed E-state index contributed by atoms with van der Waals surface area (Å²) in [5.41, 5.74) is 0. The van der Waals surface area contributed by atoms with Crippen molar-refractivity contribution in [3.8, 4) is 0 Å². The second kappa shape index (κ2) is 5.22. The fraction of sp³-hybridized carbons (Fsp3) is 0.882. The molecule has 7 atom stereocenters. The lowest BCUT2D eigenvalue weighted by molar-refractivity contribution is -0.146. The fourth-order valence-electron chi connectivity index (χ4n) is 5.18. The molecule has 122 valence electrons. The smallest absolute Gasteiger partial charge is 0.309 e. The van der Waals surface area contributed by atoms with E-state index < -0.39 is 0 Å². The third kappa shape index (κ3) is 2.08. The Morgan fingerprint density at radius 3 is 2.41 bits per heavy atom. The minimum Gasteiger partial charge on any atom is -0.462 e. The molecular formula is C17H25NO4. The fourth-order valence-corrected chi connectivity index (χ4v) is 5.18. The maximum absolute atomic E-state index is 12.0. The maximum atomic E-state index is 12.0. The molecule has 4 saturated heterocycles. The van der Waals surface area contributed by atoms with E-state index >= 15 is 0 Å². The van der Waals surface area contributed by atoms with Crippen LogP contribution in [0, 0.1) is 17.8 Å². The van der Waals surface area contributed by atoms with Gasteiger partial charge in [0.05, 0.1) is 11.8 Å². The Morgan fingerprint density at radius 2 is 1.68 bits per heavy atom. The van der Waals surface area contributed by atoms with Crippen LogP contribution in [0.1, 0.15) is 46.0 Å². The zero-order chi connectivity index (χ0) is 15.4. The molecular weight excluding hydrogens is 282 g/mol. The number of rotatable bonds is 1. The highest BCUT2D eigenvalue weighted by atomic mass is 16.6. The Labute approximate surface area is 131 Å². The summed E-state index contributed by atoms with van der Waals surface area (Å²) in [4.78, 5) is 26.2. The van der Waals surface area contributed by atoms with Gasteiger partial charge in [0.15, 0.2) is 0 Å². The molecule has 4 aliphatic rings. The molecule has 0 aliphatic carbocycles. The number of nitrogens with zero attached hydrogens (tertiary/aromatic N) is 1. The number of ether oxygens (including phenoxy) is 2. The van der Waals surface area contributed by atoms with Crippen LogP contribution in [0.25, 0.3) is 0 Å². The molecule has 4 heterocycles. The Hall–Kier alpha value is -1.10. The Balaban J connectivity index is 1.55. The molecule has 4 rings (SSSR count). The molecule has 0 aromatic rings. The topological polar surface area (TPSA) is 55.8 Å². The van der Waals surface area contributed by atoms with Crippen molar-refractivity contribution in [2.75, 3.05) is 6.54 Å². The Bertz CT molecular complexity index is 493. The van der Waals surface area contributed by atoms with Gasteiger partial charge in [0.2, 0.25) is 0 Å².